The predicted molar refractivity (Wildman–Crippen MR) is 134 cm³/mol. The van der Waals surface area contributed by atoms with Crippen molar-refractivity contribution < 1.29 is 27.0 Å². The van der Waals surface area contributed by atoms with E-state index in [1.165, 1.54) is 23.3 Å². The molecule has 0 radical (unpaired) electrons. The first kappa shape index (κ1) is 25.7. The van der Waals surface area contributed by atoms with Gasteiger partial charge in [-0.15, -0.1) is 0 Å². The minimum atomic E-state index is -4.77. The van der Waals surface area contributed by atoms with Crippen LogP contribution in [0.25, 0.3) is 10.9 Å². The van der Waals surface area contributed by atoms with Gasteiger partial charge in [-0.2, -0.15) is 13.2 Å². The topological polar surface area (TPSA) is 59.5 Å². The standard InChI is InChI=1S/C27H30F4N4O2/c1-15(18-6-5-9-22(24(18)28)27(29,30)31)32-26-21-12-23(35-10-11-37-17(13-35)14-36-3)19-7-4-8-20(19)25(21)33-16(2)34-26/h5-6,9,12,15,17H,4,7-8,10-11,13-14H2,1-3H3,(H,32,33,34). The molecule has 1 fully saturated rings. The van der Waals surface area contributed by atoms with Gasteiger partial charge in [-0.25, -0.2) is 14.4 Å². The smallest absolute Gasteiger partial charge is 0.382 e. The zero-order valence-electron chi connectivity index (χ0n) is 21.1. The number of halogens is 4. The number of aryl methyl sites for hydroxylation is 2. The van der Waals surface area contributed by atoms with Crippen molar-refractivity contribution in [3.8, 4) is 0 Å². The average Bonchev–Trinajstić information content (AvgIpc) is 3.34. The van der Waals surface area contributed by atoms with Gasteiger partial charge in [0.1, 0.15) is 17.5 Å². The second-order valence-electron chi connectivity index (χ2n) is 9.69. The molecule has 1 aliphatic carbocycles. The maximum Gasteiger partial charge on any atom is 0.419 e. The van der Waals surface area contributed by atoms with Crippen LogP contribution in [0, 0.1) is 12.7 Å². The molecule has 1 aromatic heterocycles. The molecule has 2 aromatic carbocycles. The van der Waals surface area contributed by atoms with Crippen molar-refractivity contribution in [2.24, 2.45) is 0 Å². The van der Waals surface area contributed by atoms with E-state index in [0.29, 0.717) is 31.4 Å². The van der Waals surface area contributed by atoms with Crippen molar-refractivity contribution in [2.45, 2.75) is 51.4 Å². The molecule has 2 atom stereocenters. The molecule has 2 heterocycles. The summed E-state index contributed by atoms with van der Waals surface area (Å²) in [6.07, 6.45) is -1.96. The Kier molecular flexibility index (Phi) is 6.97. The highest BCUT2D eigenvalue weighted by atomic mass is 19.4. The summed E-state index contributed by atoms with van der Waals surface area (Å²) in [6.45, 7) is 5.93. The van der Waals surface area contributed by atoms with Gasteiger partial charge in [-0.3, -0.25) is 0 Å². The average molecular weight is 519 g/mol. The van der Waals surface area contributed by atoms with E-state index in [-0.39, 0.29) is 11.7 Å². The zero-order valence-corrected chi connectivity index (χ0v) is 21.1. The van der Waals surface area contributed by atoms with E-state index >= 15 is 0 Å². The lowest BCUT2D eigenvalue weighted by Gasteiger charge is -2.35. The molecule has 5 rings (SSSR count). The Hall–Kier alpha value is -2.98. The molecule has 2 unspecified atom stereocenters. The van der Waals surface area contributed by atoms with Gasteiger partial charge >= 0.3 is 6.18 Å². The van der Waals surface area contributed by atoms with E-state index in [1.54, 1.807) is 21.0 Å². The molecular weight excluding hydrogens is 488 g/mol. The molecule has 1 N–H and O–H groups in total. The van der Waals surface area contributed by atoms with Crippen LogP contribution in [-0.4, -0.2) is 49.5 Å². The van der Waals surface area contributed by atoms with E-state index in [4.69, 9.17) is 14.5 Å². The van der Waals surface area contributed by atoms with Gasteiger partial charge in [-0.1, -0.05) is 12.1 Å². The van der Waals surface area contributed by atoms with E-state index in [1.807, 2.05) is 0 Å². The number of morpholine rings is 1. The summed E-state index contributed by atoms with van der Waals surface area (Å²) in [7, 11) is 1.65. The van der Waals surface area contributed by atoms with Gasteiger partial charge in [0, 0.05) is 36.8 Å². The maximum atomic E-state index is 14.9. The first-order valence-electron chi connectivity index (χ1n) is 12.5. The predicted octanol–water partition coefficient (Wildman–Crippen LogP) is 5.61. The summed E-state index contributed by atoms with van der Waals surface area (Å²) in [5.41, 5.74) is 3.03. The lowest BCUT2D eigenvalue weighted by atomic mass is 10.0. The van der Waals surface area contributed by atoms with Gasteiger partial charge in [0.15, 0.2) is 0 Å². The van der Waals surface area contributed by atoms with Gasteiger partial charge in [0.2, 0.25) is 0 Å². The number of benzene rings is 2. The van der Waals surface area contributed by atoms with E-state index in [2.05, 4.69) is 21.3 Å². The molecule has 0 amide bonds. The quantitative estimate of drug-likeness (QED) is 0.428. The van der Waals surface area contributed by atoms with Crippen LogP contribution in [0.15, 0.2) is 24.3 Å². The fourth-order valence-electron chi connectivity index (χ4n) is 5.46. The Labute approximate surface area is 213 Å². The van der Waals surface area contributed by atoms with Gasteiger partial charge in [-0.05, 0) is 56.4 Å². The fraction of sp³-hybridized carbons (Fsp3) is 0.481. The maximum absolute atomic E-state index is 14.9. The molecule has 37 heavy (non-hydrogen) atoms. The Bertz CT molecular complexity index is 1310. The van der Waals surface area contributed by atoms with Crippen molar-refractivity contribution in [2.75, 3.05) is 43.6 Å². The molecule has 6 nitrogen and oxygen atoms in total. The van der Waals surface area contributed by atoms with Crippen LogP contribution >= 0.6 is 0 Å². The van der Waals surface area contributed by atoms with Crippen molar-refractivity contribution in [1.29, 1.82) is 0 Å². The third-order valence-electron chi connectivity index (χ3n) is 7.14. The summed E-state index contributed by atoms with van der Waals surface area (Å²) < 4.78 is 65.9. The lowest BCUT2D eigenvalue weighted by molar-refractivity contribution is -0.140. The molecule has 3 aromatic rings. The van der Waals surface area contributed by atoms with Gasteiger partial charge in [0.05, 0.1) is 36.4 Å². The van der Waals surface area contributed by atoms with E-state index < -0.39 is 23.6 Å². The van der Waals surface area contributed by atoms with Crippen LogP contribution in [-0.2, 0) is 28.5 Å². The zero-order chi connectivity index (χ0) is 26.3. The molecular formula is C27H30F4N4O2. The van der Waals surface area contributed by atoms with Crippen LogP contribution in [0.4, 0.5) is 29.1 Å². The molecule has 0 spiro atoms. The first-order valence-corrected chi connectivity index (χ1v) is 12.5. The summed E-state index contributed by atoms with van der Waals surface area (Å²) in [5.74, 6) is -0.256. The number of anilines is 2. The number of nitrogens with one attached hydrogen (secondary N) is 1. The van der Waals surface area contributed by atoms with Gasteiger partial charge in [0.25, 0.3) is 0 Å². The number of hydrogen-bond donors (Lipinski definition) is 1. The fourth-order valence-corrected chi connectivity index (χ4v) is 5.46. The van der Waals surface area contributed by atoms with Crippen molar-refractivity contribution in [3.63, 3.8) is 0 Å². The minimum Gasteiger partial charge on any atom is -0.382 e. The molecule has 198 valence electrons. The van der Waals surface area contributed by atoms with E-state index in [9.17, 15) is 17.6 Å². The summed E-state index contributed by atoms with van der Waals surface area (Å²) in [4.78, 5) is 11.6. The largest absolute Gasteiger partial charge is 0.419 e. The van der Waals surface area contributed by atoms with Gasteiger partial charge < -0.3 is 19.7 Å². The summed E-state index contributed by atoms with van der Waals surface area (Å²) in [5, 5.41) is 3.96. The van der Waals surface area contributed by atoms with Crippen LogP contribution in [0.1, 0.15) is 47.5 Å². The second-order valence-corrected chi connectivity index (χ2v) is 9.69. The monoisotopic (exact) mass is 518 g/mol. The SMILES string of the molecule is COCC1CN(c2cc3c(NC(C)c4cccc(C(F)(F)F)c4F)nc(C)nc3c3c2CCC3)CCO1. The van der Waals surface area contributed by atoms with E-state index in [0.717, 1.165) is 48.5 Å². The Morgan fingerprint density at radius 3 is 2.76 bits per heavy atom. The second kappa shape index (κ2) is 10.1. The molecule has 1 aliphatic heterocycles. The highest BCUT2D eigenvalue weighted by Gasteiger charge is 2.35. The van der Waals surface area contributed by atoms with Crippen LogP contribution in [0.2, 0.25) is 0 Å². The van der Waals surface area contributed by atoms with Crippen LogP contribution in [0.5, 0.6) is 0 Å². The number of alkyl halides is 3. The number of nitrogens with zero attached hydrogens (tertiary/aromatic N) is 3. The normalized spacial score (nSPS) is 18.8. The third-order valence-corrected chi connectivity index (χ3v) is 7.14. The molecule has 0 bridgehead atoms. The highest BCUT2D eigenvalue weighted by molar-refractivity contribution is 5.96. The summed E-state index contributed by atoms with van der Waals surface area (Å²) in [6, 6.07) is 4.65. The number of hydrogen-bond acceptors (Lipinski definition) is 6. The Balaban J connectivity index is 1.57. The number of methoxy groups -OCH3 is 1. The van der Waals surface area contributed by atoms with Crippen molar-refractivity contribution in [1.82, 2.24) is 9.97 Å². The first-order chi connectivity index (χ1) is 17.7. The lowest BCUT2D eigenvalue weighted by Crippen LogP contribution is -2.44. The minimum absolute atomic E-state index is 0.0396. The number of aromatic nitrogens is 2. The molecule has 0 saturated carbocycles. The Morgan fingerprint density at radius 2 is 2.00 bits per heavy atom. The van der Waals surface area contributed by atoms with Crippen LogP contribution < -0.4 is 10.2 Å². The molecule has 10 heteroatoms. The Morgan fingerprint density at radius 1 is 1.22 bits per heavy atom. The highest BCUT2D eigenvalue weighted by Crippen LogP contribution is 2.40. The molecule has 1 saturated heterocycles. The summed E-state index contributed by atoms with van der Waals surface area (Å²) >= 11 is 0. The number of rotatable bonds is 6. The molecule has 2 aliphatic rings. The number of fused-ring (bicyclic) bond motifs is 3. The van der Waals surface area contributed by atoms with Crippen LogP contribution in [0.3, 0.4) is 0 Å². The van der Waals surface area contributed by atoms with Crippen molar-refractivity contribution >= 4 is 22.4 Å². The number of ether oxygens (including phenoxy) is 2. The van der Waals surface area contributed by atoms with Crippen molar-refractivity contribution in [3.05, 3.63) is 58.2 Å². The third kappa shape index (κ3) is 4.96.